The van der Waals surface area contributed by atoms with Crippen LogP contribution in [0.5, 0.6) is 0 Å². The molecule has 26 heavy (non-hydrogen) atoms. The first kappa shape index (κ1) is 18.5. The fourth-order valence-corrected chi connectivity index (χ4v) is 4.01. The Balaban J connectivity index is 2.17. The van der Waals surface area contributed by atoms with Crippen molar-refractivity contribution in [2.24, 2.45) is 14.1 Å². The lowest BCUT2D eigenvalue weighted by molar-refractivity contribution is 0.601. The molecule has 1 aromatic heterocycles. The van der Waals surface area contributed by atoms with Gasteiger partial charge in [-0.05, 0) is 30.3 Å². The average Bonchev–Trinajstić information content (AvgIpc) is 2.61. The molecular formula is C16H13Cl2N3O4S. The second kappa shape index (κ2) is 6.46. The number of fused-ring (bicyclic) bond motifs is 1. The second-order valence-electron chi connectivity index (χ2n) is 5.59. The van der Waals surface area contributed by atoms with Crippen LogP contribution in [0.15, 0.2) is 50.9 Å². The van der Waals surface area contributed by atoms with E-state index in [9.17, 15) is 18.0 Å². The SMILES string of the molecule is Cn1c(=O)c(=O)n(C)c2cc(S(=O)(=O)Nc3cccc(Cl)c3Cl)ccc21. The lowest BCUT2D eigenvalue weighted by Crippen LogP contribution is -2.39. The molecule has 3 aromatic rings. The molecule has 0 amide bonds. The highest BCUT2D eigenvalue weighted by molar-refractivity contribution is 7.92. The third-order valence-electron chi connectivity index (χ3n) is 3.97. The summed E-state index contributed by atoms with van der Waals surface area (Å²) in [6.07, 6.45) is 0. The van der Waals surface area contributed by atoms with E-state index in [0.717, 1.165) is 4.57 Å². The van der Waals surface area contributed by atoms with Crippen LogP contribution < -0.4 is 15.8 Å². The number of nitrogens with zero attached hydrogens (tertiary/aromatic N) is 2. The van der Waals surface area contributed by atoms with Gasteiger partial charge in [0, 0.05) is 14.1 Å². The van der Waals surface area contributed by atoms with E-state index in [4.69, 9.17) is 23.2 Å². The van der Waals surface area contributed by atoms with Crippen molar-refractivity contribution in [3.05, 3.63) is 67.2 Å². The van der Waals surface area contributed by atoms with Crippen molar-refractivity contribution in [2.75, 3.05) is 4.72 Å². The first-order valence-electron chi connectivity index (χ1n) is 7.30. The number of hydrogen-bond acceptors (Lipinski definition) is 4. The number of benzene rings is 2. The van der Waals surface area contributed by atoms with E-state index in [1.807, 2.05) is 0 Å². The zero-order valence-electron chi connectivity index (χ0n) is 13.7. The maximum atomic E-state index is 12.7. The summed E-state index contributed by atoms with van der Waals surface area (Å²) in [4.78, 5) is 23.7. The van der Waals surface area contributed by atoms with E-state index in [1.54, 1.807) is 6.07 Å². The molecule has 0 saturated carbocycles. The van der Waals surface area contributed by atoms with Crippen molar-refractivity contribution < 1.29 is 8.42 Å². The van der Waals surface area contributed by atoms with Crippen LogP contribution in [-0.2, 0) is 24.1 Å². The number of anilines is 1. The van der Waals surface area contributed by atoms with E-state index in [0.29, 0.717) is 11.0 Å². The molecule has 0 fully saturated rings. The van der Waals surface area contributed by atoms with Crippen molar-refractivity contribution in [1.82, 2.24) is 9.13 Å². The molecule has 0 aliphatic rings. The molecule has 0 radical (unpaired) electrons. The molecule has 0 unspecified atom stereocenters. The Morgan fingerprint density at radius 2 is 1.54 bits per heavy atom. The van der Waals surface area contributed by atoms with Crippen LogP contribution in [0.1, 0.15) is 0 Å². The minimum atomic E-state index is -3.99. The number of hydrogen-bond donors (Lipinski definition) is 1. The van der Waals surface area contributed by atoms with E-state index < -0.39 is 21.1 Å². The Labute approximate surface area is 158 Å². The van der Waals surface area contributed by atoms with Crippen molar-refractivity contribution >= 4 is 49.9 Å². The predicted octanol–water partition coefficient (Wildman–Crippen LogP) is 2.34. The van der Waals surface area contributed by atoms with Gasteiger partial charge in [0.25, 0.3) is 10.0 Å². The van der Waals surface area contributed by atoms with Crippen LogP contribution in [0.2, 0.25) is 10.0 Å². The van der Waals surface area contributed by atoms with E-state index >= 15 is 0 Å². The maximum absolute atomic E-state index is 12.7. The molecule has 0 spiro atoms. The highest BCUT2D eigenvalue weighted by Crippen LogP contribution is 2.31. The Kier molecular flexibility index (Phi) is 4.60. The molecule has 0 atom stereocenters. The molecule has 10 heteroatoms. The van der Waals surface area contributed by atoms with Gasteiger partial charge in [0.1, 0.15) is 0 Å². The minimum Gasteiger partial charge on any atom is -0.305 e. The lowest BCUT2D eigenvalue weighted by Gasteiger charge is -2.13. The highest BCUT2D eigenvalue weighted by atomic mass is 35.5. The summed E-state index contributed by atoms with van der Waals surface area (Å²) in [5.41, 5.74) is -0.581. The summed E-state index contributed by atoms with van der Waals surface area (Å²) in [5.74, 6) is 0. The number of aryl methyl sites for hydroxylation is 2. The van der Waals surface area contributed by atoms with Gasteiger partial charge in [-0.1, -0.05) is 29.3 Å². The molecule has 0 saturated heterocycles. The Bertz CT molecular complexity index is 1260. The number of aromatic nitrogens is 2. The fourth-order valence-electron chi connectivity index (χ4n) is 2.51. The summed E-state index contributed by atoms with van der Waals surface area (Å²) < 4.78 is 30.0. The molecule has 0 aliphatic carbocycles. The number of sulfonamides is 1. The first-order valence-corrected chi connectivity index (χ1v) is 9.54. The van der Waals surface area contributed by atoms with Crippen LogP contribution in [0.3, 0.4) is 0 Å². The Morgan fingerprint density at radius 3 is 2.19 bits per heavy atom. The number of rotatable bonds is 3. The monoisotopic (exact) mass is 413 g/mol. The molecule has 1 N–H and O–H groups in total. The molecular weight excluding hydrogens is 401 g/mol. The van der Waals surface area contributed by atoms with Gasteiger partial charge in [0.15, 0.2) is 0 Å². The molecule has 2 aromatic carbocycles. The minimum absolute atomic E-state index is 0.0772. The zero-order valence-corrected chi connectivity index (χ0v) is 16.0. The van der Waals surface area contributed by atoms with Gasteiger partial charge in [-0.25, -0.2) is 8.42 Å². The molecule has 136 valence electrons. The van der Waals surface area contributed by atoms with Crippen molar-refractivity contribution in [2.45, 2.75) is 4.90 Å². The van der Waals surface area contributed by atoms with E-state index in [2.05, 4.69) is 4.72 Å². The summed E-state index contributed by atoms with van der Waals surface area (Å²) in [6.45, 7) is 0. The summed E-state index contributed by atoms with van der Waals surface area (Å²) in [6, 6.07) is 8.69. The predicted molar refractivity (Wildman–Crippen MR) is 102 cm³/mol. The van der Waals surface area contributed by atoms with Gasteiger partial charge in [0.2, 0.25) is 0 Å². The first-order chi connectivity index (χ1) is 12.1. The third-order valence-corrected chi connectivity index (χ3v) is 6.15. The van der Waals surface area contributed by atoms with E-state index in [-0.39, 0.29) is 20.6 Å². The van der Waals surface area contributed by atoms with Gasteiger partial charge < -0.3 is 9.13 Å². The van der Waals surface area contributed by atoms with Crippen molar-refractivity contribution in [1.29, 1.82) is 0 Å². The Morgan fingerprint density at radius 1 is 0.923 bits per heavy atom. The zero-order chi connectivity index (χ0) is 19.2. The van der Waals surface area contributed by atoms with Crippen LogP contribution in [0.4, 0.5) is 5.69 Å². The third kappa shape index (κ3) is 3.00. The number of halogens is 2. The van der Waals surface area contributed by atoms with Gasteiger partial charge in [-0.2, -0.15) is 0 Å². The summed E-state index contributed by atoms with van der Waals surface area (Å²) >= 11 is 11.9. The molecule has 0 aliphatic heterocycles. The topological polar surface area (TPSA) is 90.2 Å². The summed E-state index contributed by atoms with van der Waals surface area (Å²) in [7, 11) is -1.14. The molecule has 0 bridgehead atoms. The quantitative estimate of drug-likeness (QED) is 0.667. The largest absolute Gasteiger partial charge is 0.316 e. The molecule has 3 rings (SSSR count). The van der Waals surface area contributed by atoms with Crippen molar-refractivity contribution in [3.63, 3.8) is 0 Å². The molecule has 7 nitrogen and oxygen atoms in total. The lowest BCUT2D eigenvalue weighted by atomic mass is 10.3. The highest BCUT2D eigenvalue weighted by Gasteiger charge is 2.19. The van der Waals surface area contributed by atoms with Gasteiger partial charge in [0.05, 0.1) is 31.7 Å². The van der Waals surface area contributed by atoms with Crippen LogP contribution in [0.25, 0.3) is 11.0 Å². The fraction of sp³-hybridized carbons (Fsp3) is 0.125. The normalized spacial score (nSPS) is 11.7. The average molecular weight is 414 g/mol. The number of nitrogens with one attached hydrogen (secondary N) is 1. The van der Waals surface area contributed by atoms with Gasteiger partial charge in [-0.3, -0.25) is 14.3 Å². The maximum Gasteiger partial charge on any atom is 0.316 e. The Hall–Kier alpha value is -2.29. The second-order valence-corrected chi connectivity index (χ2v) is 8.05. The molecule has 1 heterocycles. The van der Waals surface area contributed by atoms with E-state index in [1.165, 1.54) is 49.0 Å². The van der Waals surface area contributed by atoms with Crippen LogP contribution in [0, 0.1) is 0 Å². The standard InChI is InChI=1S/C16H13Cl2N3O4S/c1-20-12-7-6-9(8-13(12)21(2)16(23)15(20)22)26(24,25)19-11-5-3-4-10(17)14(11)18/h3-8,19H,1-2H3. The van der Waals surface area contributed by atoms with Gasteiger partial charge in [-0.15, -0.1) is 0 Å². The van der Waals surface area contributed by atoms with Crippen LogP contribution in [-0.4, -0.2) is 17.6 Å². The smallest absolute Gasteiger partial charge is 0.305 e. The summed E-state index contributed by atoms with van der Waals surface area (Å²) in [5, 5.41) is 0.288. The van der Waals surface area contributed by atoms with Gasteiger partial charge >= 0.3 is 11.1 Å². The van der Waals surface area contributed by atoms with Crippen LogP contribution >= 0.6 is 23.2 Å². The van der Waals surface area contributed by atoms with Crippen molar-refractivity contribution in [3.8, 4) is 0 Å².